The van der Waals surface area contributed by atoms with Crippen LogP contribution in [0, 0.1) is 5.82 Å². The number of ether oxygens (including phenoxy) is 1. The smallest absolute Gasteiger partial charge is 0.293 e. The number of hydrogen-bond donors (Lipinski definition) is 0. The highest BCUT2D eigenvalue weighted by atomic mass is 19.1. The summed E-state index contributed by atoms with van der Waals surface area (Å²) in [5.74, 6) is -0.303. The Morgan fingerprint density at radius 1 is 1.35 bits per heavy atom. The van der Waals surface area contributed by atoms with Crippen LogP contribution in [0.1, 0.15) is 5.56 Å². The zero-order valence-corrected chi connectivity index (χ0v) is 8.93. The Bertz CT molecular complexity index is 493. The van der Waals surface area contributed by atoms with E-state index in [4.69, 9.17) is 4.52 Å². The monoisotopic (exact) mass is 235 g/mol. The van der Waals surface area contributed by atoms with Crippen LogP contribution in [0.15, 0.2) is 35.1 Å². The molecule has 0 amide bonds. The highest BCUT2D eigenvalue weighted by Crippen LogP contribution is 2.22. The molecule has 4 nitrogen and oxygen atoms in total. The first-order valence-corrected chi connectivity index (χ1v) is 5.05. The first-order chi connectivity index (χ1) is 8.31. The minimum absolute atomic E-state index is 0.263. The Kier molecular flexibility index (Phi) is 3.49. The lowest BCUT2D eigenvalue weighted by Gasteiger charge is -2.00. The Morgan fingerprint density at radius 2 is 2.12 bits per heavy atom. The van der Waals surface area contributed by atoms with Gasteiger partial charge >= 0.3 is 0 Å². The minimum Gasteiger partial charge on any atom is -0.468 e. The Morgan fingerprint density at radius 3 is 2.82 bits per heavy atom. The number of rotatable bonds is 5. The summed E-state index contributed by atoms with van der Waals surface area (Å²) in [6, 6.07) is 5.96. The summed E-state index contributed by atoms with van der Waals surface area (Å²) in [5, 5.41) is 3.85. The van der Waals surface area contributed by atoms with Crippen LogP contribution in [0.2, 0.25) is 0 Å². The predicted molar refractivity (Wildman–Crippen MR) is 57.6 cm³/mol. The van der Waals surface area contributed by atoms with E-state index >= 15 is 0 Å². The van der Waals surface area contributed by atoms with Gasteiger partial charge in [0.05, 0.1) is 6.61 Å². The fourth-order valence-electron chi connectivity index (χ4n) is 1.50. The van der Waals surface area contributed by atoms with Gasteiger partial charge in [-0.25, -0.2) is 4.39 Å². The number of hydrogen-bond acceptors (Lipinski definition) is 4. The molecule has 5 heteroatoms. The molecule has 2 aromatic rings. The van der Waals surface area contributed by atoms with Crippen LogP contribution in [0.25, 0.3) is 11.3 Å². The molecule has 1 heterocycles. The van der Waals surface area contributed by atoms with Gasteiger partial charge in [0.25, 0.3) is 6.47 Å². The molecule has 2 rings (SSSR count). The molecule has 0 aliphatic heterocycles. The van der Waals surface area contributed by atoms with E-state index in [1.165, 1.54) is 18.4 Å². The highest BCUT2D eigenvalue weighted by molar-refractivity contribution is 5.62. The average Bonchev–Trinajstić information content (AvgIpc) is 2.79. The van der Waals surface area contributed by atoms with Crippen LogP contribution in [0.3, 0.4) is 0 Å². The van der Waals surface area contributed by atoms with Crippen molar-refractivity contribution in [1.82, 2.24) is 5.16 Å². The van der Waals surface area contributed by atoms with Crippen molar-refractivity contribution >= 4 is 6.47 Å². The molecule has 0 fully saturated rings. The molecule has 1 aromatic carbocycles. The summed E-state index contributed by atoms with van der Waals surface area (Å²) >= 11 is 0. The average molecular weight is 235 g/mol. The lowest BCUT2D eigenvalue weighted by molar-refractivity contribution is -0.128. The van der Waals surface area contributed by atoms with Crippen molar-refractivity contribution in [3.8, 4) is 11.3 Å². The van der Waals surface area contributed by atoms with Crippen molar-refractivity contribution < 1.29 is 18.4 Å². The first-order valence-electron chi connectivity index (χ1n) is 5.05. The summed E-state index contributed by atoms with van der Waals surface area (Å²) in [6.07, 6.45) is 2.00. The van der Waals surface area contributed by atoms with Crippen LogP contribution in [-0.2, 0) is 16.0 Å². The summed E-state index contributed by atoms with van der Waals surface area (Å²) < 4.78 is 22.3. The first kappa shape index (κ1) is 11.3. The number of carbonyl (C=O) groups excluding carboxylic acids is 1. The molecule has 0 radical (unpaired) electrons. The maximum absolute atomic E-state index is 12.8. The van der Waals surface area contributed by atoms with Crippen molar-refractivity contribution in [2.45, 2.75) is 6.42 Å². The van der Waals surface area contributed by atoms with Crippen molar-refractivity contribution in [2.24, 2.45) is 0 Å². The number of halogens is 1. The molecule has 88 valence electrons. The summed E-state index contributed by atoms with van der Waals surface area (Å²) in [6.45, 7) is 0.657. The third-order valence-electron chi connectivity index (χ3n) is 2.32. The van der Waals surface area contributed by atoms with Crippen molar-refractivity contribution in [2.75, 3.05) is 6.61 Å². The van der Waals surface area contributed by atoms with Gasteiger partial charge in [0.1, 0.15) is 17.8 Å². The van der Waals surface area contributed by atoms with Crippen LogP contribution in [0.5, 0.6) is 0 Å². The molecule has 0 aliphatic carbocycles. The van der Waals surface area contributed by atoms with E-state index in [0.29, 0.717) is 18.6 Å². The Labute approximate surface area is 97.0 Å². The quantitative estimate of drug-likeness (QED) is 0.588. The molecule has 0 spiro atoms. The van der Waals surface area contributed by atoms with E-state index in [9.17, 15) is 9.18 Å². The molecule has 0 aliphatic rings. The fourth-order valence-corrected chi connectivity index (χ4v) is 1.50. The molecular weight excluding hydrogens is 225 g/mol. The van der Waals surface area contributed by atoms with Crippen molar-refractivity contribution in [3.05, 3.63) is 41.9 Å². The van der Waals surface area contributed by atoms with Crippen LogP contribution in [0.4, 0.5) is 4.39 Å². The lowest BCUT2D eigenvalue weighted by Crippen LogP contribution is -1.97. The maximum atomic E-state index is 12.8. The summed E-state index contributed by atoms with van der Waals surface area (Å²) in [4.78, 5) is 10.0. The summed E-state index contributed by atoms with van der Waals surface area (Å²) in [7, 11) is 0. The molecular formula is C12H10FNO3. The number of benzene rings is 1. The Balaban J connectivity index is 2.18. The van der Waals surface area contributed by atoms with Crippen LogP contribution >= 0.6 is 0 Å². The SMILES string of the molecule is O=COCCc1conc1-c1ccc(F)cc1. The molecule has 0 atom stereocenters. The summed E-state index contributed by atoms with van der Waals surface area (Å²) in [5.41, 5.74) is 2.22. The van der Waals surface area contributed by atoms with Crippen molar-refractivity contribution in [1.29, 1.82) is 0 Å². The second-order valence-corrected chi connectivity index (χ2v) is 3.41. The van der Waals surface area contributed by atoms with Gasteiger partial charge in [-0.3, -0.25) is 4.79 Å². The third-order valence-corrected chi connectivity index (χ3v) is 2.32. The maximum Gasteiger partial charge on any atom is 0.293 e. The van der Waals surface area contributed by atoms with Gasteiger partial charge in [0.15, 0.2) is 0 Å². The topological polar surface area (TPSA) is 52.3 Å². The van der Waals surface area contributed by atoms with Gasteiger partial charge in [0.2, 0.25) is 0 Å². The Hall–Kier alpha value is -2.17. The fraction of sp³-hybridized carbons (Fsp3) is 0.167. The van der Waals surface area contributed by atoms with Gasteiger partial charge < -0.3 is 9.26 Å². The zero-order chi connectivity index (χ0) is 12.1. The minimum atomic E-state index is -0.303. The molecule has 0 saturated heterocycles. The van der Waals surface area contributed by atoms with Gasteiger partial charge in [-0.15, -0.1) is 0 Å². The highest BCUT2D eigenvalue weighted by Gasteiger charge is 2.10. The van der Waals surface area contributed by atoms with Crippen LogP contribution in [-0.4, -0.2) is 18.2 Å². The number of carbonyl (C=O) groups is 1. The lowest BCUT2D eigenvalue weighted by atomic mass is 10.1. The molecule has 1 aromatic heterocycles. The van der Waals surface area contributed by atoms with Crippen molar-refractivity contribution in [3.63, 3.8) is 0 Å². The van der Waals surface area contributed by atoms with E-state index in [1.54, 1.807) is 12.1 Å². The van der Waals surface area contributed by atoms with Gasteiger partial charge in [-0.1, -0.05) is 5.16 Å². The largest absolute Gasteiger partial charge is 0.468 e. The standard InChI is InChI=1S/C12H10FNO3/c13-11-3-1-9(2-4-11)12-10(7-17-14-12)5-6-16-8-15/h1-4,7-8H,5-6H2. The van der Waals surface area contributed by atoms with Gasteiger partial charge in [-0.05, 0) is 24.3 Å². The normalized spacial score (nSPS) is 10.2. The van der Waals surface area contributed by atoms with E-state index in [2.05, 4.69) is 9.89 Å². The molecule has 0 unspecified atom stereocenters. The third kappa shape index (κ3) is 2.69. The van der Waals surface area contributed by atoms with E-state index < -0.39 is 0 Å². The van der Waals surface area contributed by atoms with Gasteiger partial charge in [-0.2, -0.15) is 0 Å². The number of aromatic nitrogens is 1. The van der Waals surface area contributed by atoms with E-state index in [0.717, 1.165) is 11.1 Å². The molecule has 0 bridgehead atoms. The molecule has 17 heavy (non-hydrogen) atoms. The predicted octanol–water partition coefficient (Wildman–Crippen LogP) is 2.20. The second kappa shape index (κ2) is 5.25. The van der Waals surface area contributed by atoms with E-state index in [1.807, 2.05) is 0 Å². The molecule has 0 N–H and O–H groups in total. The van der Waals surface area contributed by atoms with E-state index in [-0.39, 0.29) is 12.4 Å². The van der Waals surface area contributed by atoms with Crippen LogP contribution < -0.4 is 0 Å². The van der Waals surface area contributed by atoms with Gasteiger partial charge in [0, 0.05) is 17.5 Å². The number of nitrogens with zero attached hydrogens (tertiary/aromatic N) is 1. The zero-order valence-electron chi connectivity index (χ0n) is 8.93. The second-order valence-electron chi connectivity index (χ2n) is 3.41. The molecule has 0 saturated carbocycles.